The molecule has 1 aliphatic heterocycles. The molecule has 0 atom stereocenters. The van der Waals surface area contributed by atoms with Gasteiger partial charge in [0.1, 0.15) is 0 Å². The summed E-state index contributed by atoms with van der Waals surface area (Å²) in [6, 6.07) is 7.77. The molecule has 1 aromatic carbocycles. The second kappa shape index (κ2) is 6.83. The highest BCUT2D eigenvalue weighted by atomic mass is 16.4. The highest BCUT2D eigenvalue weighted by molar-refractivity contribution is 6.12. The molecule has 0 fully saturated rings. The molecule has 0 unspecified atom stereocenters. The lowest BCUT2D eigenvalue weighted by Crippen LogP contribution is -2.31. The van der Waals surface area contributed by atoms with Crippen LogP contribution < -0.4 is 0 Å². The fraction of sp³-hybridized carbons (Fsp3) is 0.312. The van der Waals surface area contributed by atoms with Crippen LogP contribution in [0.15, 0.2) is 36.4 Å². The smallest absolute Gasteiger partial charge is 0.303 e. The van der Waals surface area contributed by atoms with Crippen molar-refractivity contribution in [3.05, 3.63) is 47.5 Å². The molecule has 5 heteroatoms. The average molecular weight is 287 g/mol. The zero-order valence-electron chi connectivity index (χ0n) is 11.6. The van der Waals surface area contributed by atoms with Gasteiger partial charge in [-0.3, -0.25) is 19.3 Å². The zero-order valence-corrected chi connectivity index (χ0v) is 11.6. The zero-order chi connectivity index (χ0) is 15.2. The predicted octanol–water partition coefficient (Wildman–Crippen LogP) is 1.56. The fourth-order valence-corrected chi connectivity index (χ4v) is 2.22. The van der Waals surface area contributed by atoms with E-state index in [1.807, 2.05) is 24.3 Å². The number of nitrogens with zero attached hydrogens (tertiary/aromatic N) is 1. The van der Waals surface area contributed by atoms with E-state index in [0.717, 1.165) is 17.5 Å². The summed E-state index contributed by atoms with van der Waals surface area (Å²) in [5, 5.41) is 8.63. The third-order valence-corrected chi connectivity index (χ3v) is 3.40. The van der Waals surface area contributed by atoms with E-state index in [1.165, 1.54) is 17.1 Å². The Morgan fingerprint density at radius 3 is 2.00 bits per heavy atom. The summed E-state index contributed by atoms with van der Waals surface area (Å²) >= 11 is 0. The lowest BCUT2D eigenvalue weighted by Gasteiger charge is -2.13. The second-order valence-corrected chi connectivity index (χ2v) is 4.98. The monoisotopic (exact) mass is 287 g/mol. The Balaban J connectivity index is 1.77. The molecule has 2 amide bonds. The minimum absolute atomic E-state index is 0.130. The largest absolute Gasteiger partial charge is 0.481 e. The number of aryl methyl sites for hydroxylation is 2. The van der Waals surface area contributed by atoms with Crippen LogP contribution in [0, 0.1) is 0 Å². The number of imide groups is 1. The minimum Gasteiger partial charge on any atom is -0.481 e. The molecule has 1 heterocycles. The van der Waals surface area contributed by atoms with E-state index >= 15 is 0 Å². The maximum Gasteiger partial charge on any atom is 0.303 e. The fourth-order valence-electron chi connectivity index (χ4n) is 2.22. The molecule has 0 spiro atoms. The van der Waals surface area contributed by atoms with E-state index in [1.54, 1.807) is 0 Å². The molecule has 1 aromatic rings. The van der Waals surface area contributed by atoms with Crippen LogP contribution in [0.3, 0.4) is 0 Å². The molecular formula is C16H17NO4. The molecule has 0 radical (unpaired) electrons. The lowest BCUT2D eigenvalue weighted by molar-refractivity contribution is -0.138. The molecule has 110 valence electrons. The van der Waals surface area contributed by atoms with Crippen molar-refractivity contribution in [2.24, 2.45) is 0 Å². The van der Waals surface area contributed by atoms with Gasteiger partial charge in [-0.05, 0) is 30.4 Å². The van der Waals surface area contributed by atoms with Crippen molar-refractivity contribution in [3.63, 3.8) is 0 Å². The van der Waals surface area contributed by atoms with Crippen LogP contribution in [0.5, 0.6) is 0 Å². The van der Waals surface area contributed by atoms with Gasteiger partial charge >= 0.3 is 5.97 Å². The van der Waals surface area contributed by atoms with Crippen molar-refractivity contribution in [1.29, 1.82) is 0 Å². The molecular weight excluding hydrogens is 270 g/mol. The first-order valence-corrected chi connectivity index (χ1v) is 6.89. The van der Waals surface area contributed by atoms with Crippen molar-refractivity contribution >= 4 is 17.8 Å². The van der Waals surface area contributed by atoms with Crippen LogP contribution in [-0.2, 0) is 27.2 Å². The van der Waals surface area contributed by atoms with E-state index in [9.17, 15) is 14.4 Å². The molecule has 0 aromatic heterocycles. The number of carboxylic acids is 1. The molecule has 0 saturated carbocycles. The number of rotatable bonds is 7. The van der Waals surface area contributed by atoms with Crippen LogP contribution in [0.4, 0.5) is 0 Å². The Bertz CT molecular complexity index is 556. The summed E-state index contributed by atoms with van der Waals surface area (Å²) in [4.78, 5) is 34.5. The van der Waals surface area contributed by atoms with Crippen LogP contribution in [0.2, 0.25) is 0 Å². The van der Waals surface area contributed by atoms with Gasteiger partial charge in [0.2, 0.25) is 0 Å². The quantitative estimate of drug-likeness (QED) is 0.772. The van der Waals surface area contributed by atoms with E-state index in [4.69, 9.17) is 5.11 Å². The Morgan fingerprint density at radius 1 is 0.952 bits per heavy atom. The van der Waals surface area contributed by atoms with Gasteiger partial charge in [0.15, 0.2) is 0 Å². The topological polar surface area (TPSA) is 74.7 Å². The third kappa shape index (κ3) is 4.27. The molecule has 1 aliphatic rings. The summed E-state index contributed by atoms with van der Waals surface area (Å²) in [5.41, 5.74) is 2.11. The van der Waals surface area contributed by atoms with Gasteiger partial charge < -0.3 is 5.11 Å². The normalized spacial score (nSPS) is 14.0. The van der Waals surface area contributed by atoms with Crippen LogP contribution >= 0.6 is 0 Å². The molecule has 2 rings (SSSR count). The van der Waals surface area contributed by atoms with Gasteiger partial charge in [-0.25, -0.2) is 0 Å². The maximum atomic E-state index is 11.4. The lowest BCUT2D eigenvalue weighted by atomic mass is 10.0. The Kier molecular flexibility index (Phi) is 4.87. The van der Waals surface area contributed by atoms with Gasteiger partial charge in [0.25, 0.3) is 11.8 Å². The minimum atomic E-state index is -0.798. The Morgan fingerprint density at radius 2 is 1.48 bits per heavy atom. The van der Waals surface area contributed by atoms with Crippen molar-refractivity contribution in [1.82, 2.24) is 4.90 Å². The van der Waals surface area contributed by atoms with Crippen molar-refractivity contribution < 1.29 is 19.5 Å². The number of amides is 2. The van der Waals surface area contributed by atoms with Crippen molar-refractivity contribution in [2.75, 3.05) is 6.54 Å². The number of hydrogen-bond acceptors (Lipinski definition) is 3. The van der Waals surface area contributed by atoms with E-state index in [2.05, 4.69) is 0 Å². The van der Waals surface area contributed by atoms with Gasteiger partial charge in [0, 0.05) is 25.1 Å². The van der Waals surface area contributed by atoms with Gasteiger partial charge in [-0.1, -0.05) is 24.3 Å². The van der Waals surface area contributed by atoms with Crippen molar-refractivity contribution in [2.45, 2.75) is 25.7 Å². The number of carboxylic acid groups (broad SMARTS) is 1. The van der Waals surface area contributed by atoms with Crippen LogP contribution in [-0.4, -0.2) is 34.3 Å². The number of carbonyl (C=O) groups is 3. The van der Waals surface area contributed by atoms with Gasteiger partial charge in [-0.15, -0.1) is 0 Å². The van der Waals surface area contributed by atoms with E-state index in [0.29, 0.717) is 19.4 Å². The summed E-state index contributed by atoms with van der Waals surface area (Å²) in [6.45, 7) is 0.422. The number of carbonyl (C=O) groups excluding carboxylic acids is 2. The first-order valence-electron chi connectivity index (χ1n) is 6.89. The van der Waals surface area contributed by atoms with Gasteiger partial charge in [0.05, 0.1) is 0 Å². The summed E-state index contributed by atoms with van der Waals surface area (Å²) in [5.74, 6) is -1.29. The molecule has 0 aliphatic carbocycles. The predicted molar refractivity (Wildman–Crippen MR) is 76.6 cm³/mol. The Hall–Kier alpha value is -2.43. The van der Waals surface area contributed by atoms with Crippen molar-refractivity contribution in [3.8, 4) is 0 Å². The highest BCUT2D eigenvalue weighted by Gasteiger charge is 2.22. The van der Waals surface area contributed by atoms with Crippen LogP contribution in [0.1, 0.15) is 24.0 Å². The highest BCUT2D eigenvalue weighted by Crippen LogP contribution is 2.10. The number of hydrogen-bond donors (Lipinski definition) is 1. The summed E-state index contributed by atoms with van der Waals surface area (Å²) < 4.78 is 0. The van der Waals surface area contributed by atoms with Crippen LogP contribution in [0.25, 0.3) is 0 Å². The summed E-state index contributed by atoms with van der Waals surface area (Å²) in [7, 11) is 0. The standard InChI is InChI=1S/C16H17NO4/c18-14-8-9-15(19)17(14)11-1-2-12-3-5-13(6-4-12)7-10-16(20)21/h3-6,8-9H,1-2,7,10-11H2,(H,20,21). The molecule has 0 saturated heterocycles. The average Bonchev–Trinajstić information content (AvgIpc) is 2.78. The number of benzene rings is 1. The van der Waals surface area contributed by atoms with Gasteiger partial charge in [-0.2, -0.15) is 0 Å². The second-order valence-electron chi connectivity index (χ2n) is 4.98. The first-order chi connectivity index (χ1) is 10.1. The van der Waals surface area contributed by atoms with E-state index in [-0.39, 0.29) is 18.2 Å². The summed E-state index contributed by atoms with van der Waals surface area (Å²) in [6.07, 6.45) is 4.73. The van der Waals surface area contributed by atoms with E-state index < -0.39 is 5.97 Å². The number of aliphatic carboxylic acids is 1. The first kappa shape index (κ1) is 15.0. The third-order valence-electron chi connectivity index (χ3n) is 3.40. The molecule has 1 N–H and O–H groups in total. The molecule has 5 nitrogen and oxygen atoms in total. The molecule has 21 heavy (non-hydrogen) atoms. The SMILES string of the molecule is O=C(O)CCc1ccc(CCCN2C(=O)C=CC2=O)cc1. The Labute approximate surface area is 122 Å². The molecule has 0 bridgehead atoms. The maximum absolute atomic E-state index is 11.4.